The van der Waals surface area contributed by atoms with Gasteiger partial charge in [0.05, 0.1) is 12.8 Å². The van der Waals surface area contributed by atoms with Gasteiger partial charge >= 0.3 is 0 Å². The summed E-state index contributed by atoms with van der Waals surface area (Å²) in [6.45, 7) is 0. The van der Waals surface area contributed by atoms with Crippen LogP contribution in [-0.4, -0.2) is 22.3 Å². The number of ether oxygens (including phenoxy) is 1. The molecule has 3 rings (SSSR count). The lowest BCUT2D eigenvalue weighted by Gasteiger charge is -2.07. The fourth-order valence-electron chi connectivity index (χ4n) is 2.05. The maximum absolute atomic E-state index is 13.6. The number of benzene rings is 2. The van der Waals surface area contributed by atoms with E-state index in [1.807, 2.05) is 0 Å². The Morgan fingerprint density at radius 2 is 1.83 bits per heavy atom. The number of rotatable bonds is 4. The van der Waals surface area contributed by atoms with Gasteiger partial charge < -0.3 is 10.1 Å². The van der Waals surface area contributed by atoms with Crippen molar-refractivity contribution in [2.45, 2.75) is 0 Å². The zero-order valence-corrected chi connectivity index (χ0v) is 12.5. The van der Waals surface area contributed by atoms with E-state index in [0.29, 0.717) is 11.3 Å². The van der Waals surface area contributed by atoms with E-state index in [-0.39, 0.29) is 17.3 Å². The van der Waals surface area contributed by atoms with Crippen LogP contribution in [0.2, 0.25) is 0 Å². The van der Waals surface area contributed by atoms with E-state index >= 15 is 0 Å². The molecule has 0 fully saturated rings. The lowest BCUT2D eigenvalue weighted by atomic mass is 10.1. The summed E-state index contributed by atoms with van der Waals surface area (Å²) in [5.41, 5.74) is -0.0254. The number of nitrogens with one attached hydrogen (secondary N) is 2. The molecule has 0 unspecified atom stereocenters. The van der Waals surface area contributed by atoms with Crippen molar-refractivity contribution < 1.29 is 13.5 Å². The number of anilines is 2. The van der Waals surface area contributed by atoms with Crippen LogP contribution in [0, 0.1) is 11.6 Å². The van der Waals surface area contributed by atoms with Crippen molar-refractivity contribution in [3.05, 3.63) is 64.5 Å². The van der Waals surface area contributed by atoms with E-state index in [9.17, 15) is 13.6 Å². The summed E-state index contributed by atoms with van der Waals surface area (Å²) in [6, 6.07) is 9.60. The van der Waals surface area contributed by atoms with E-state index in [2.05, 4.69) is 20.5 Å². The van der Waals surface area contributed by atoms with Crippen molar-refractivity contribution in [3.63, 3.8) is 0 Å². The van der Waals surface area contributed by atoms with Crippen LogP contribution < -0.4 is 15.6 Å². The van der Waals surface area contributed by atoms with Crippen LogP contribution >= 0.6 is 0 Å². The molecule has 2 aromatic carbocycles. The molecule has 1 heterocycles. The third-order valence-corrected chi connectivity index (χ3v) is 3.24. The molecule has 122 valence electrons. The van der Waals surface area contributed by atoms with Gasteiger partial charge in [-0.05, 0) is 36.4 Å². The number of H-pyrrole nitrogens is 1. The molecule has 0 saturated carbocycles. The van der Waals surface area contributed by atoms with Crippen LogP contribution in [0.3, 0.4) is 0 Å². The number of methoxy groups -OCH3 is 1. The highest BCUT2D eigenvalue weighted by atomic mass is 19.1. The van der Waals surface area contributed by atoms with E-state index in [4.69, 9.17) is 4.74 Å². The molecule has 3 aromatic rings. The van der Waals surface area contributed by atoms with E-state index < -0.39 is 17.2 Å². The Hall–Kier alpha value is -3.29. The average molecular weight is 330 g/mol. The van der Waals surface area contributed by atoms with Gasteiger partial charge in [-0.15, -0.1) is 10.2 Å². The highest BCUT2D eigenvalue weighted by Gasteiger charge is 2.10. The molecule has 0 amide bonds. The maximum Gasteiger partial charge on any atom is 0.279 e. The van der Waals surface area contributed by atoms with Gasteiger partial charge in [-0.1, -0.05) is 0 Å². The van der Waals surface area contributed by atoms with Gasteiger partial charge in [-0.25, -0.2) is 8.78 Å². The number of halogens is 2. The fraction of sp³-hybridized carbons (Fsp3) is 0.0625. The van der Waals surface area contributed by atoms with Crippen molar-refractivity contribution in [2.75, 3.05) is 12.4 Å². The Labute approximate surface area is 135 Å². The summed E-state index contributed by atoms with van der Waals surface area (Å²) >= 11 is 0. The third-order valence-electron chi connectivity index (χ3n) is 3.24. The van der Waals surface area contributed by atoms with Crippen molar-refractivity contribution in [2.24, 2.45) is 0 Å². The van der Waals surface area contributed by atoms with E-state index in [0.717, 1.165) is 18.2 Å². The van der Waals surface area contributed by atoms with Crippen LogP contribution in [-0.2, 0) is 0 Å². The molecule has 1 aromatic heterocycles. The van der Waals surface area contributed by atoms with E-state index in [1.54, 1.807) is 24.3 Å². The van der Waals surface area contributed by atoms with Gasteiger partial charge in [-0.2, -0.15) is 0 Å². The molecular formula is C16H12F2N4O2. The Bertz CT molecular complexity index is 926. The zero-order valence-electron chi connectivity index (χ0n) is 12.5. The highest BCUT2D eigenvalue weighted by molar-refractivity contribution is 5.60. The minimum absolute atomic E-state index is 0.0956. The SMILES string of the molecule is COc1ccc(-c2nnc(Nc3cc(F)ccc3F)[nH]c2=O)cc1. The van der Waals surface area contributed by atoms with Crippen LogP contribution in [0.25, 0.3) is 11.3 Å². The average Bonchev–Trinajstić information content (AvgIpc) is 2.58. The second-order valence-corrected chi connectivity index (χ2v) is 4.83. The van der Waals surface area contributed by atoms with Gasteiger partial charge in [0.25, 0.3) is 5.56 Å². The summed E-state index contributed by atoms with van der Waals surface area (Å²) < 4.78 is 31.8. The topological polar surface area (TPSA) is 79.9 Å². The number of hydrogen-bond donors (Lipinski definition) is 2. The van der Waals surface area contributed by atoms with Gasteiger partial charge in [0, 0.05) is 11.6 Å². The normalized spacial score (nSPS) is 10.5. The minimum Gasteiger partial charge on any atom is -0.497 e. The monoisotopic (exact) mass is 330 g/mol. The molecule has 0 spiro atoms. The Morgan fingerprint density at radius 3 is 2.50 bits per heavy atom. The Kier molecular flexibility index (Phi) is 4.19. The van der Waals surface area contributed by atoms with Crippen LogP contribution in [0.5, 0.6) is 5.75 Å². The first-order valence-corrected chi connectivity index (χ1v) is 6.90. The first-order valence-electron chi connectivity index (χ1n) is 6.90. The van der Waals surface area contributed by atoms with Gasteiger partial charge in [0.2, 0.25) is 5.95 Å². The number of aromatic amines is 1. The molecule has 0 saturated heterocycles. The fourth-order valence-corrected chi connectivity index (χ4v) is 2.05. The van der Waals surface area contributed by atoms with Crippen molar-refractivity contribution >= 4 is 11.6 Å². The van der Waals surface area contributed by atoms with Crippen molar-refractivity contribution in [1.82, 2.24) is 15.2 Å². The second kappa shape index (κ2) is 6.45. The molecule has 0 atom stereocenters. The van der Waals surface area contributed by atoms with Gasteiger partial charge in [0.15, 0.2) is 5.69 Å². The van der Waals surface area contributed by atoms with Crippen LogP contribution in [0.4, 0.5) is 20.4 Å². The molecule has 0 aliphatic heterocycles. The second-order valence-electron chi connectivity index (χ2n) is 4.83. The predicted molar refractivity (Wildman–Crippen MR) is 84.3 cm³/mol. The molecule has 8 heteroatoms. The Morgan fingerprint density at radius 1 is 1.08 bits per heavy atom. The lowest BCUT2D eigenvalue weighted by molar-refractivity contribution is 0.415. The molecular weight excluding hydrogens is 318 g/mol. The standard InChI is InChI=1S/C16H12F2N4O2/c1-24-11-5-2-9(3-6-11)14-15(23)20-16(22-21-14)19-13-8-10(17)4-7-12(13)18/h2-8H,1H3,(H2,19,20,22,23). The number of aromatic nitrogens is 3. The lowest BCUT2D eigenvalue weighted by Crippen LogP contribution is -2.15. The smallest absolute Gasteiger partial charge is 0.279 e. The number of hydrogen-bond acceptors (Lipinski definition) is 5. The van der Waals surface area contributed by atoms with Crippen LogP contribution in [0.15, 0.2) is 47.3 Å². The minimum atomic E-state index is -0.682. The summed E-state index contributed by atoms with van der Waals surface area (Å²) in [7, 11) is 1.54. The molecule has 0 bridgehead atoms. The van der Waals surface area contributed by atoms with Crippen molar-refractivity contribution in [3.8, 4) is 17.0 Å². The predicted octanol–water partition coefficient (Wildman–Crippen LogP) is 2.86. The summed E-state index contributed by atoms with van der Waals surface area (Å²) in [5.74, 6) is -0.757. The highest BCUT2D eigenvalue weighted by Crippen LogP contribution is 2.20. The van der Waals surface area contributed by atoms with Gasteiger partial charge in [0.1, 0.15) is 17.4 Å². The zero-order chi connectivity index (χ0) is 17.1. The molecule has 24 heavy (non-hydrogen) atoms. The largest absolute Gasteiger partial charge is 0.497 e. The first-order chi connectivity index (χ1) is 11.6. The molecule has 0 radical (unpaired) electrons. The quantitative estimate of drug-likeness (QED) is 0.769. The van der Waals surface area contributed by atoms with E-state index in [1.165, 1.54) is 7.11 Å². The maximum atomic E-state index is 13.6. The first kappa shape index (κ1) is 15.6. The summed E-state index contributed by atoms with van der Waals surface area (Å²) in [5, 5.41) is 10.1. The van der Waals surface area contributed by atoms with Crippen LogP contribution in [0.1, 0.15) is 0 Å². The third kappa shape index (κ3) is 3.22. The summed E-state index contributed by atoms with van der Waals surface area (Å²) in [4.78, 5) is 14.6. The number of nitrogens with zero attached hydrogens (tertiary/aromatic N) is 2. The van der Waals surface area contributed by atoms with Gasteiger partial charge in [-0.3, -0.25) is 9.78 Å². The summed E-state index contributed by atoms with van der Waals surface area (Å²) in [6.07, 6.45) is 0. The Balaban J connectivity index is 1.89. The molecule has 0 aliphatic carbocycles. The van der Waals surface area contributed by atoms with Crippen molar-refractivity contribution in [1.29, 1.82) is 0 Å². The molecule has 2 N–H and O–H groups in total. The molecule has 0 aliphatic rings. The molecule has 6 nitrogen and oxygen atoms in total.